The van der Waals surface area contributed by atoms with E-state index in [-0.39, 0.29) is 24.0 Å². The topological polar surface area (TPSA) is 49.3 Å². The van der Waals surface area contributed by atoms with Crippen molar-refractivity contribution in [1.29, 1.82) is 0 Å². The Bertz CT molecular complexity index is 533. The molecule has 0 spiro atoms. The normalized spacial score (nSPS) is 36.0. The van der Waals surface area contributed by atoms with Gasteiger partial charge in [0.15, 0.2) is 0 Å². The van der Waals surface area contributed by atoms with Gasteiger partial charge in [-0.1, -0.05) is 30.3 Å². The molecule has 1 aromatic rings. The molecule has 4 aliphatic carbocycles. The summed E-state index contributed by atoms with van der Waals surface area (Å²) >= 11 is 0. The first kappa shape index (κ1) is 15.2. The lowest BCUT2D eigenvalue weighted by molar-refractivity contribution is -0.130. The van der Waals surface area contributed by atoms with Gasteiger partial charge >= 0.3 is 0 Å². The van der Waals surface area contributed by atoms with Crippen LogP contribution >= 0.6 is 0 Å². The van der Waals surface area contributed by atoms with Gasteiger partial charge < -0.3 is 10.4 Å². The maximum Gasteiger partial charge on any atom is 0.221 e. The van der Waals surface area contributed by atoms with Gasteiger partial charge in [-0.25, -0.2) is 0 Å². The SMILES string of the molecule is O=C(CC12CC3CC(CC(C3)C1)C2)NC(CO)c1ccccc1. The Morgan fingerprint density at radius 2 is 1.65 bits per heavy atom. The monoisotopic (exact) mass is 313 g/mol. The Balaban J connectivity index is 1.42. The summed E-state index contributed by atoms with van der Waals surface area (Å²) in [6.45, 7) is -0.0450. The molecule has 0 aliphatic heterocycles. The molecular weight excluding hydrogens is 286 g/mol. The highest BCUT2D eigenvalue weighted by Gasteiger charge is 2.51. The Labute approximate surface area is 138 Å². The molecule has 4 saturated carbocycles. The molecule has 1 amide bonds. The zero-order chi connectivity index (χ0) is 15.9. The Hall–Kier alpha value is -1.35. The molecule has 3 heteroatoms. The Morgan fingerprint density at radius 1 is 1.09 bits per heavy atom. The lowest BCUT2D eigenvalue weighted by atomic mass is 9.49. The van der Waals surface area contributed by atoms with Gasteiger partial charge in [0.1, 0.15) is 0 Å². The molecule has 124 valence electrons. The molecule has 0 radical (unpaired) electrons. The first-order valence-corrected chi connectivity index (χ1v) is 9.11. The third-order valence-electron chi connectivity index (χ3n) is 6.42. The fourth-order valence-electron chi connectivity index (χ4n) is 6.01. The second-order valence-electron chi connectivity index (χ2n) is 8.31. The van der Waals surface area contributed by atoms with Crippen LogP contribution in [-0.4, -0.2) is 17.6 Å². The van der Waals surface area contributed by atoms with Crippen molar-refractivity contribution in [2.24, 2.45) is 23.2 Å². The highest BCUT2D eigenvalue weighted by Crippen LogP contribution is 2.61. The van der Waals surface area contributed by atoms with Crippen molar-refractivity contribution < 1.29 is 9.90 Å². The van der Waals surface area contributed by atoms with E-state index in [4.69, 9.17) is 0 Å². The number of aliphatic hydroxyl groups is 1. The zero-order valence-corrected chi connectivity index (χ0v) is 13.7. The first-order chi connectivity index (χ1) is 11.2. The number of nitrogens with one attached hydrogen (secondary N) is 1. The van der Waals surface area contributed by atoms with Crippen molar-refractivity contribution in [1.82, 2.24) is 5.32 Å². The molecule has 1 aromatic carbocycles. The van der Waals surface area contributed by atoms with Gasteiger partial charge in [0.2, 0.25) is 5.91 Å². The Morgan fingerprint density at radius 3 is 2.17 bits per heavy atom. The maximum absolute atomic E-state index is 12.6. The van der Waals surface area contributed by atoms with E-state index < -0.39 is 0 Å². The average molecular weight is 313 g/mol. The number of hydrogen-bond acceptors (Lipinski definition) is 2. The summed E-state index contributed by atoms with van der Waals surface area (Å²) in [6, 6.07) is 9.50. The van der Waals surface area contributed by atoms with Crippen LogP contribution in [0.5, 0.6) is 0 Å². The van der Waals surface area contributed by atoms with Crippen molar-refractivity contribution in [3.63, 3.8) is 0 Å². The quantitative estimate of drug-likeness (QED) is 0.875. The average Bonchev–Trinajstić information content (AvgIpc) is 2.51. The van der Waals surface area contributed by atoms with Gasteiger partial charge in [-0.3, -0.25) is 4.79 Å². The molecular formula is C20H27NO2. The van der Waals surface area contributed by atoms with Gasteiger partial charge in [0, 0.05) is 6.42 Å². The van der Waals surface area contributed by atoms with Gasteiger partial charge in [0.25, 0.3) is 0 Å². The van der Waals surface area contributed by atoms with E-state index in [0.29, 0.717) is 6.42 Å². The summed E-state index contributed by atoms with van der Waals surface area (Å²) in [5, 5.41) is 12.7. The third-order valence-corrected chi connectivity index (χ3v) is 6.42. The fraction of sp³-hybridized carbons (Fsp3) is 0.650. The highest BCUT2D eigenvalue weighted by atomic mass is 16.3. The molecule has 1 unspecified atom stereocenters. The van der Waals surface area contributed by atoms with Crippen LogP contribution in [-0.2, 0) is 4.79 Å². The predicted octanol–water partition coefficient (Wildman–Crippen LogP) is 3.44. The number of rotatable bonds is 5. The highest BCUT2D eigenvalue weighted by molar-refractivity contribution is 5.77. The van der Waals surface area contributed by atoms with Crippen molar-refractivity contribution in [3.05, 3.63) is 35.9 Å². The van der Waals surface area contributed by atoms with Crippen LogP contribution in [0.2, 0.25) is 0 Å². The number of aliphatic hydroxyl groups excluding tert-OH is 1. The molecule has 4 fully saturated rings. The van der Waals surface area contributed by atoms with Crippen molar-refractivity contribution in [2.45, 2.75) is 51.0 Å². The number of benzene rings is 1. The van der Waals surface area contributed by atoms with E-state index in [1.54, 1.807) is 0 Å². The zero-order valence-electron chi connectivity index (χ0n) is 13.7. The van der Waals surface area contributed by atoms with Gasteiger partial charge in [-0.15, -0.1) is 0 Å². The molecule has 1 atom stereocenters. The summed E-state index contributed by atoms with van der Waals surface area (Å²) in [5.41, 5.74) is 1.24. The van der Waals surface area contributed by atoms with E-state index in [1.807, 2.05) is 30.3 Å². The summed E-state index contributed by atoms with van der Waals surface area (Å²) in [5.74, 6) is 2.74. The second kappa shape index (κ2) is 5.94. The van der Waals surface area contributed by atoms with Crippen LogP contribution in [0.4, 0.5) is 0 Å². The largest absolute Gasteiger partial charge is 0.394 e. The van der Waals surface area contributed by atoms with Crippen LogP contribution in [0.3, 0.4) is 0 Å². The molecule has 0 aromatic heterocycles. The molecule has 4 aliphatic rings. The molecule has 0 heterocycles. The Kier molecular flexibility index (Phi) is 3.92. The minimum absolute atomic E-state index is 0.0450. The second-order valence-corrected chi connectivity index (χ2v) is 8.31. The molecule has 2 N–H and O–H groups in total. The van der Waals surface area contributed by atoms with E-state index in [2.05, 4.69) is 5.32 Å². The maximum atomic E-state index is 12.6. The third kappa shape index (κ3) is 3.03. The summed E-state index contributed by atoms with van der Waals surface area (Å²) in [6.07, 6.45) is 8.63. The lowest BCUT2D eigenvalue weighted by Crippen LogP contribution is -2.48. The molecule has 3 nitrogen and oxygen atoms in total. The van der Waals surface area contributed by atoms with Crippen LogP contribution in [0, 0.1) is 23.2 Å². The van der Waals surface area contributed by atoms with Gasteiger partial charge in [0.05, 0.1) is 12.6 Å². The minimum atomic E-state index is -0.280. The van der Waals surface area contributed by atoms with E-state index in [0.717, 1.165) is 23.3 Å². The van der Waals surface area contributed by atoms with Crippen molar-refractivity contribution in [3.8, 4) is 0 Å². The van der Waals surface area contributed by atoms with E-state index in [9.17, 15) is 9.90 Å². The van der Waals surface area contributed by atoms with E-state index in [1.165, 1.54) is 38.5 Å². The summed E-state index contributed by atoms with van der Waals surface area (Å²) < 4.78 is 0. The van der Waals surface area contributed by atoms with Crippen molar-refractivity contribution in [2.75, 3.05) is 6.61 Å². The first-order valence-electron chi connectivity index (χ1n) is 9.11. The standard InChI is InChI=1S/C20H27NO2/c22-13-18(17-4-2-1-3-5-17)21-19(23)12-20-9-14-6-15(10-20)8-16(7-14)11-20/h1-5,14-16,18,22H,6-13H2,(H,21,23). The summed E-state index contributed by atoms with van der Waals surface area (Å²) in [4.78, 5) is 12.6. The predicted molar refractivity (Wildman–Crippen MR) is 89.6 cm³/mol. The number of carbonyl (C=O) groups is 1. The van der Waals surface area contributed by atoms with Crippen molar-refractivity contribution >= 4 is 5.91 Å². The van der Waals surface area contributed by atoms with Crippen LogP contribution < -0.4 is 5.32 Å². The number of carbonyl (C=O) groups excluding carboxylic acids is 1. The molecule has 0 saturated heterocycles. The molecule has 5 rings (SSSR count). The van der Waals surface area contributed by atoms with Crippen LogP contribution in [0.15, 0.2) is 30.3 Å². The van der Waals surface area contributed by atoms with Crippen LogP contribution in [0.1, 0.15) is 56.6 Å². The fourth-order valence-corrected chi connectivity index (χ4v) is 6.01. The number of amides is 1. The molecule has 23 heavy (non-hydrogen) atoms. The van der Waals surface area contributed by atoms with E-state index >= 15 is 0 Å². The van der Waals surface area contributed by atoms with Crippen LogP contribution in [0.25, 0.3) is 0 Å². The van der Waals surface area contributed by atoms with Gasteiger partial charge in [-0.2, -0.15) is 0 Å². The summed E-state index contributed by atoms with van der Waals surface area (Å²) in [7, 11) is 0. The minimum Gasteiger partial charge on any atom is -0.394 e. The number of hydrogen-bond donors (Lipinski definition) is 2. The molecule has 4 bridgehead atoms. The van der Waals surface area contributed by atoms with Gasteiger partial charge in [-0.05, 0) is 67.3 Å². The lowest BCUT2D eigenvalue weighted by Gasteiger charge is -2.56. The smallest absolute Gasteiger partial charge is 0.221 e.